The van der Waals surface area contributed by atoms with Crippen molar-refractivity contribution in [2.45, 2.75) is 38.9 Å². The van der Waals surface area contributed by atoms with Crippen LogP contribution in [-0.4, -0.2) is 38.7 Å². The molecule has 3 rings (SSSR count). The number of rotatable bonds is 8. The van der Waals surface area contributed by atoms with Crippen molar-refractivity contribution in [1.29, 1.82) is 0 Å². The maximum atomic E-state index is 14.2. The number of hydrogen-bond donors (Lipinski definition) is 2. The molecule has 1 aromatic carbocycles. The molecule has 0 radical (unpaired) electrons. The lowest BCUT2D eigenvalue weighted by molar-refractivity contribution is -0.117. The molecule has 2 aromatic rings. The summed E-state index contributed by atoms with van der Waals surface area (Å²) in [4.78, 5) is 19.0. The molecule has 7 nitrogen and oxygen atoms in total. The van der Waals surface area contributed by atoms with Gasteiger partial charge in [-0.15, -0.1) is 0 Å². The van der Waals surface area contributed by atoms with E-state index in [4.69, 9.17) is 0 Å². The number of piperidine rings is 1. The van der Waals surface area contributed by atoms with Crippen LogP contribution in [0.25, 0.3) is 6.08 Å². The Balaban J connectivity index is 1.70. The fourth-order valence-electron chi connectivity index (χ4n) is 3.66. The second-order valence-electron chi connectivity index (χ2n) is 8.07. The lowest BCUT2D eigenvalue weighted by Crippen LogP contribution is -2.31. The lowest BCUT2D eigenvalue weighted by Gasteiger charge is -2.29. The number of carbonyl (C=O) groups is 1. The number of anilines is 2. The van der Waals surface area contributed by atoms with Gasteiger partial charge in [-0.2, -0.15) is 0 Å². The Labute approximate surface area is 193 Å². The third-order valence-electron chi connectivity index (χ3n) is 5.32. The number of benzene rings is 1. The van der Waals surface area contributed by atoms with Crippen LogP contribution in [0.3, 0.4) is 0 Å². The normalized spacial score (nSPS) is 15.5. The van der Waals surface area contributed by atoms with Crippen molar-refractivity contribution in [3.8, 4) is 0 Å². The van der Waals surface area contributed by atoms with Gasteiger partial charge in [-0.25, -0.2) is 22.2 Å². The van der Waals surface area contributed by atoms with E-state index in [2.05, 4.69) is 19.9 Å². The van der Waals surface area contributed by atoms with E-state index in [1.54, 1.807) is 31.2 Å². The molecule has 2 N–H and O–H groups in total. The predicted octanol–water partition coefficient (Wildman–Crippen LogP) is 3.94. The van der Waals surface area contributed by atoms with Crippen LogP contribution < -0.4 is 14.9 Å². The smallest absolute Gasteiger partial charge is 0.244 e. The standard InChI is InChI=1S/C23H28F2N4O3S/c1-16(18-7-10-21(20(25)14-18)28-33(2,31)32)26-22(30)11-8-17-6-9-19(15-24)27-23(17)29-12-4-3-5-13-29/h6-11,14,16,28H,3-5,12-13,15H2,1-2H3,(H,26,30)/b11-8+/t16-/m1/s1. The van der Waals surface area contributed by atoms with Gasteiger partial charge >= 0.3 is 0 Å². The molecule has 10 heteroatoms. The molecule has 0 bridgehead atoms. The molecular weight excluding hydrogens is 450 g/mol. The number of carbonyl (C=O) groups excluding carboxylic acids is 1. The van der Waals surface area contributed by atoms with Gasteiger partial charge in [-0.3, -0.25) is 9.52 Å². The summed E-state index contributed by atoms with van der Waals surface area (Å²) >= 11 is 0. The van der Waals surface area contributed by atoms with E-state index in [9.17, 15) is 22.0 Å². The second-order valence-corrected chi connectivity index (χ2v) is 9.82. The number of nitrogens with zero attached hydrogens (tertiary/aromatic N) is 2. The van der Waals surface area contributed by atoms with Crippen molar-refractivity contribution in [2.75, 3.05) is 29.0 Å². The fourth-order valence-corrected chi connectivity index (χ4v) is 4.22. The highest BCUT2D eigenvalue weighted by Crippen LogP contribution is 2.25. The largest absolute Gasteiger partial charge is 0.356 e. The summed E-state index contributed by atoms with van der Waals surface area (Å²) in [6.07, 6.45) is 7.17. The van der Waals surface area contributed by atoms with Gasteiger partial charge in [0.2, 0.25) is 15.9 Å². The van der Waals surface area contributed by atoms with Gasteiger partial charge in [0.1, 0.15) is 18.3 Å². The maximum absolute atomic E-state index is 14.2. The topological polar surface area (TPSA) is 91.4 Å². The number of amides is 1. The molecule has 2 heterocycles. The van der Waals surface area contributed by atoms with Gasteiger partial charge in [-0.05, 0) is 62.1 Å². The van der Waals surface area contributed by atoms with Crippen molar-refractivity contribution in [2.24, 2.45) is 0 Å². The molecule has 1 atom stereocenters. The molecule has 178 valence electrons. The first-order valence-electron chi connectivity index (χ1n) is 10.7. The van der Waals surface area contributed by atoms with E-state index in [1.807, 2.05) is 0 Å². The molecule has 0 unspecified atom stereocenters. The summed E-state index contributed by atoms with van der Waals surface area (Å²) in [7, 11) is -3.60. The van der Waals surface area contributed by atoms with Crippen molar-refractivity contribution in [3.05, 3.63) is 59.0 Å². The number of pyridine rings is 1. The number of aromatic nitrogens is 1. The van der Waals surface area contributed by atoms with Gasteiger partial charge in [0.25, 0.3) is 0 Å². The van der Waals surface area contributed by atoms with Gasteiger partial charge in [0.15, 0.2) is 0 Å². The zero-order valence-electron chi connectivity index (χ0n) is 18.6. The quantitative estimate of drug-likeness (QED) is 0.561. The first kappa shape index (κ1) is 24.6. The van der Waals surface area contributed by atoms with E-state index in [0.29, 0.717) is 17.1 Å². The van der Waals surface area contributed by atoms with Crippen molar-refractivity contribution in [3.63, 3.8) is 0 Å². The molecule has 1 amide bonds. The van der Waals surface area contributed by atoms with Crippen LogP contribution in [0.2, 0.25) is 0 Å². The van der Waals surface area contributed by atoms with Crippen LogP contribution in [0.1, 0.15) is 49.0 Å². The van der Waals surface area contributed by atoms with Crippen LogP contribution in [-0.2, 0) is 21.5 Å². The molecule has 0 aliphatic carbocycles. The average molecular weight is 479 g/mol. The van der Waals surface area contributed by atoms with Crippen LogP contribution >= 0.6 is 0 Å². The Morgan fingerprint density at radius 3 is 2.58 bits per heavy atom. The number of halogens is 2. The summed E-state index contributed by atoms with van der Waals surface area (Å²) in [6.45, 7) is 2.71. The number of hydrogen-bond acceptors (Lipinski definition) is 5. The fraction of sp³-hybridized carbons (Fsp3) is 0.391. The van der Waals surface area contributed by atoms with Crippen molar-refractivity contribution < 1.29 is 22.0 Å². The van der Waals surface area contributed by atoms with Gasteiger partial charge in [-0.1, -0.05) is 6.07 Å². The molecule has 1 fully saturated rings. The van der Waals surface area contributed by atoms with Crippen LogP contribution in [0.5, 0.6) is 0 Å². The molecule has 0 spiro atoms. The van der Waals surface area contributed by atoms with E-state index >= 15 is 0 Å². The Bertz CT molecular complexity index is 1130. The molecule has 1 saturated heterocycles. The molecule has 1 aliphatic rings. The van der Waals surface area contributed by atoms with Crippen LogP contribution in [0, 0.1) is 5.82 Å². The van der Waals surface area contributed by atoms with Crippen LogP contribution in [0.4, 0.5) is 20.3 Å². The average Bonchev–Trinajstić information content (AvgIpc) is 2.78. The molecule has 0 saturated carbocycles. The van der Waals surface area contributed by atoms with Crippen molar-refractivity contribution in [1.82, 2.24) is 10.3 Å². The lowest BCUT2D eigenvalue weighted by atomic mass is 10.1. The zero-order chi connectivity index (χ0) is 24.0. The number of sulfonamides is 1. The van der Waals surface area contributed by atoms with Gasteiger partial charge < -0.3 is 10.2 Å². The first-order valence-corrected chi connectivity index (χ1v) is 12.6. The highest BCUT2D eigenvalue weighted by atomic mass is 32.2. The Hall–Kier alpha value is -3.01. The molecule has 33 heavy (non-hydrogen) atoms. The minimum atomic E-state index is -3.60. The SMILES string of the molecule is C[C@@H](NC(=O)/C=C/c1ccc(CF)nc1N1CCCCC1)c1ccc(NS(C)(=O)=O)c(F)c1. The molecular formula is C23H28F2N4O3S. The minimum Gasteiger partial charge on any atom is -0.356 e. The van der Waals surface area contributed by atoms with Gasteiger partial charge in [0.05, 0.1) is 23.7 Å². The summed E-state index contributed by atoms with van der Waals surface area (Å²) in [5.74, 6) is -0.460. The highest BCUT2D eigenvalue weighted by molar-refractivity contribution is 7.92. The molecule has 1 aromatic heterocycles. The summed E-state index contributed by atoms with van der Waals surface area (Å²) in [5, 5.41) is 2.76. The third kappa shape index (κ3) is 6.98. The number of alkyl halides is 1. The summed E-state index contributed by atoms with van der Waals surface area (Å²) in [6, 6.07) is 6.87. The van der Waals surface area contributed by atoms with E-state index in [1.165, 1.54) is 18.2 Å². The predicted molar refractivity (Wildman–Crippen MR) is 126 cm³/mol. The van der Waals surface area contributed by atoms with Gasteiger partial charge in [0, 0.05) is 24.7 Å². The van der Waals surface area contributed by atoms with E-state index in [-0.39, 0.29) is 11.6 Å². The molecule has 1 aliphatic heterocycles. The first-order chi connectivity index (χ1) is 15.7. The Morgan fingerprint density at radius 1 is 1.21 bits per heavy atom. The highest BCUT2D eigenvalue weighted by Gasteiger charge is 2.17. The minimum absolute atomic E-state index is 0.158. The van der Waals surface area contributed by atoms with Crippen molar-refractivity contribution >= 4 is 33.5 Å². The van der Waals surface area contributed by atoms with E-state index < -0.39 is 28.6 Å². The number of nitrogens with one attached hydrogen (secondary N) is 2. The van der Waals surface area contributed by atoms with Crippen LogP contribution in [0.15, 0.2) is 36.4 Å². The zero-order valence-corrected chi connectivity index (χ0v) is 19.5. The summed E-state index contributed by atoms with van der Waals surface area (Å²) < 4.78 is 52.1. The third-order valence-corrected chi connectivity index (χ3v) is 5.91. The maximum Gasteiger partial charge on any atom is 0.244 e. The Morgan fingerprint density at radius 2 is 1.94 bits per heavy atom. The second kappa shape index (κ2) is 10.7. The Kier molecular flexibility index (Phi) is 8.01. The summed E-state index contributed by atoms with van der Waals surface area (Å²) in [5.41, 5.74) is 1.39. The van der Waals surface area contributed by atoms with E-state index in [0.717, 1.165) is 44.2 Å². The monoisotopic (exact) mass is 478 g/mol.